The molecule has 1 saturated heterocycles. The molecule has 9 saturated carbocycles. The maximum Gasteiger partial charge on any atom is 0.254 e. The molecule has 8 aromatic heterocycles. The van der Waals surface area contributed by atoms with Gasteiger partial charge in [0.1, 0.15) is 46.6 Å². The number of benzene rings is 8. The quantitative estimate of drug-likeness (QED) is 0.0289. The van der Waals surface area contributed by atoms with Crippen molar-refractivity contribution in [3.05, 3.63) is 286 Å². The summed E-state index contributed by atoms with van der Waals surface area (Å²) in [6, 6.07) is 51.2. The Morgan fingerprint density at radius 2 is 0.583 bits per heavy atom. The Hall–Kier alpha value is -13.1. The Labute approximate surface area is 804 Å². The van der Waals surface area contributed by atoms with Gasteiger partial charge in [-0.05, 0) is 430 Å². The zero-order valence-corrected chi connectivity index (χ0v) is 78.8. The Bertz CT molecular complexity index is 7150. The second kappa shape index (κ2) is 37.9. The van der Waals surface area contributed by atoms with E-state index in [2.05, 4.69) is 69.5 Å². The fourth-order valence-corrected chi connectivity index (χ4v) is 24.8. The Kier molecular flexibility index (Phi) is 24.5. The number of H-pyrrole nitrogens is 4. The molecule has 9 heterocycles. The third-order valence-electron chi connectivity index (χ3n) is 32.7. The number of amides is 4. The average Bonchev–Trinajstić information content (AvgIpc) is 1.62. The lowest BCUT2D eigenvalue weighted by Crippen LogP contribution is -2.25. The first-order valence-corrected chi connectivity index (χ1v) is 51.1. The highest BCUT2D eigenvalue weighted by atomic mass is 19.1. The number of carbonyl (C=O) groups is 4. The van der Waals surface area contributed by atoms with Crippen molar-refractivity contribution in [1.29, 1.82) is 0 Å². The van der Waals surface area contributed by atoms with E-state index in [0.717, 1.165) is 245 Å². The topological polar surface area (TPSA) is 279 Å². The second-order valence-corrected chi connectivity index (χ2v) is 42.2. The van der Waals surface area contributed by atoms with Crippen LogP contribution in [0.15, 0.2) is 195 Å². The lowest BCUT2D eigenvalue weighted by atomic mass is 9.72. The number of halogens is 4. The molecule has 4 atom stereocenters. The van der Waals surface area contributed by atoms with Crippen LogP contribution in [0.25, 0.3) is 87.7 Å². The van der Waals surface area contributed by atoms with Crippen LogP contribution in [0.2, 0.25) is 0 Å². The van der Waals surface area contributed by atoms with E-state index >= 15 is 0 Å². The van der Waals surface area contributed by atoms with E-state index in [1.54, 1.807) is 73.6 Å². The summed E-state index contributed by atoms with van der Waals surface area (Å²) in [5.41, 5.74) is 24.0. The molecule has 26 rings (SSSR count). The van der Waals surface area contributed by atoms with Gasteiger partial charge in [0.25, 0.3) is 17.7 Å². The number of nitrogens with two attached hydrogens (primary N) is 1. The Balaban J connectivity index is 0.000000104. The van der Waals surface area contributed by atoms with Crippen LogP contribution in [0.5, 0.6) is 0 Å². The fraction of sp³-hybridized carbons (Fsp3) is 0.409. The molecule has 10 aliphatic rings. The monoisotopic (exact) mass is 1860 g/mol. The number of aromatic nitrogens is 12. The van der Waals surface area contributed by atoms with Crippen LogP contribution >= 0.6 is 0 Å². The molecule has 0 radical (unpaired) electrons. The molecule has 7 N–H and O–H groups in total. The molecule has 139 heavy (non-hydrogen) atoms. The van der Waals surface area contributed by atoms with Gasteiger partial charge >= 0.3 is 0 Å². The van der Waals surface area contributed by atoms with E-state index in [0.29, 0.717) is 117 Å². The van der Waals surface area contributed by atoms with E-state index in [1.807, 2.05) is 96.4 Å². The van der Waals surface area contributed by atoms with Crippen LogP contribution in [0.3, 0.4) is 0 Å². The van der Waals surface area contributed by atoms with Gasteiger partial charge in [0.2, 0.25) is 5.91 Å². The van der Waals surface area contributed by atoms with Crippen LogP contribution in [-0.2, 0) is 0 Å². The minimum Gasteiger partial charge on any atom is -0.366 e. The van der Waals surface area contributed by atoms with Gasteiger partial charge < -0.3 is 40.8 Å². The molecule has 0 bridgehead atoms. The summed E-state index contributed by atoms with van der Waals surface area (Å²) in [6.45, 7) is 1.73. The minimum absolute atomic E-state index is 0.00336. The molecule has 24 heteroatoms. The van der Waals surface area contributed by atoms with Crippen LogP contribution in [0.1, 0.15) is 301 Å². The number of hydrogen-bond acceptors (Lipinski definition) is 12. The predicted molar refractivity (Wildman–Crippen MR) is 535 cm³/mol. The maximum absolute atomic E-state index is 14.0. The molecule has 1 aliphatic heterocycles. The first kappa shape index (κ1) is 89.8. The third-order valence-corrected chi connectivity index (χ3v) is 32.7. The van der Waals surface area contributed by atoms with Crippen molar-refractivity contribution in [2.24, 2.45) is 53.1 Å². The highest BCUT2D eigenvalue weighted by Crippen LogP contribution is 2.57. The van der Waals surface area contributed by atoms with Crippen molar-refractivity contribution in [2.45, 2.75) is 220 Å². The fourth-order valence-electron chi connectivity index (χ4n) is 24.8. The van der Waals surface area contributed by atoms with Gasteiger partial charge in [-0.2, -0.15) is 0 Å². The van der Waals surface area contributed by atoms with Crippen molar-refractivity contribution >= 4 is 111 Å². The lowest BCUT2D eigenvalue weighted by molar-refractivity contribution is 0.0826. The summed E-state index contributed by atoms with van der Waals surface area (Å²) in [5.74, 6) is 11.8. The van der Waals surface area contributed by atoms with Gasteiger partial charge in [0.15, 0.2) is 0 Å². The molecule has 710 valence electrons. The van der Waals surface area contributed by atoms with E-state index in [4.69, 9.17) is 25.7 Å². The first-order valence-electron chi connectivity index (χ1n) is 51.1. The largest absolute Gasteiger partial charge is 0.366 e. The van der Waals surface area contributed by atoms with E-state index in [1.165, 1.54) is 97.9 Å². The Morgan fingerprint density at radius 3 is 0.863 bits per heavy atom. The van der Waals surface area contributed by atoms with Gasteiger partial charge in [-0.1, -0.05) is 0 Å². The third kappa shape index (κ3) is 19.3. The highest BCUT2D eigenvalue weighted by Gasteiger charge is 2.46. The molecule has 16 aromatic rings. The minimum atomic E-state index is -0.423. The van der Waals surface area contributed by atoms with Crippen molar-refractivity contribution < 1.29 is 36.7 Å². The maximum atomic E-state index is 14.0. The summed E-state index contributed by atoms with van der Waals surface area (Å²) >= 11 is 0. The molecular formula is C115H118F4N16O4. The molecule has 10 fully saturated rings. The van der Waals surface area contributed by atoms with Gasteiger partial charge in [-0.3, -0.25) is 39.1 Å². The lowest BCUT2D eigenvalue weighted by Gasteiger charge is -2.34. The van der Waals surface area contributed by atoms with Gasteiger partial charge in [-0.15, -0.1) is 0 Å². The number of hydrogen-bond donors (Lipinski definition) is 6. The number of primary amides is 1. The number of rotatable bonds is 21. The van der Waals surface area contributed by atoms with E-state index in [-0.39, 0.29) is 41.0 Å². The average molecular weight is 1860 g/mol. The summed E-state index contributed by atoms with van der Waals surface area (Å²) in [5, 5.41) is 6.89. The Morgan fingerprint density at radius 1 is 0.324 bits per heavy atom. The molecule has 0 unspecified atom stereocenters. The zero-order chi connectivity index (χ0) is 94.4. The van der Waals surface area contributed by atoms with Gasteiger partial charge in [-0.25, -0.2) is 37.5 Å². The van der Waals surface area contributed by atoms with Crippen LogP contribution in [0, 0.1) is 70.6 Å². The van der Waals surface area contributed by atoms with Gasteiger partial charge in [0.05, 0.1) is 66.2 Å². The number of fused-ring (bicyclic) bond motifs is 8. The molecule has 0 spiro atoms. The zero-order valence-electron chi connectivity index (χ0n) is 78.8. The first-order chi connectivity index (χ1) is 67.8. The van der Waals surface area contributed by atoms with Crippen LogP contribution in [-0.4, -0.2) is 126 Å². The molecular weight excluding hydrogens is 1750 g/mol. The summed E-state index contributed by atoms with van der Waals surface area (Å²) in [4.78, 5) is 104. The number of nitrogens with zero attached hydrogens (tertiary/aromatic N) is 10. The SMILES string of the molecule is CN(C)C(=O)c1ccc2nc([C@@H](C3CCC(c4ccnc5ccc(F)cc45)CC3)C3CC3)[nH]c2c1.NC(=O)c1ccc2nc([C@@H](C3CCC(c4ccnc5ccc(F)cc45)CC3)C3CC3)[nH]c2c1.O=C(NC1CC1)c1ccc2nc([C@@H](C3CCC(c4ccnc5ccc(F)cc45)CC3)C3CC3)[nH]c2c1.O=C(c1ccc2nc([C@@H](C3CCC(c4ccnc5ccc(F)cc45)CC3)C3CC3)[nH]c2c1)N1CC1. The number of pyridine rings is 4. The normalized spacial score (nSPS) is 22.4. The van der Waals surface area contributed by atoms with E-state index < -0.39 is 5.91 Å². The summed E-state index contributed by atoms with van der Waals surface area (Å²) in [7, 11) is 3.55. The van der Waals surface area contributed by atoms with Crippen molar-refractivity contribution in [2.75, 3.05) is 27.2 Å². The van der Waals surface area contributed by atoms with Gasteiger partial charge in [0, 0.05) is 125 Å². The number of imidazole rings is 4. The number of aromatic amines is 4. The molecule has 8 aromatic carbocycles. The number of carbonyl (C=O) groups excluding carboxylic acids is 4. The number of nitrogens with one attached hydrogen (secondary N) is 5. The summed E-state index contributed by atoms with van der Waals surface area (Å²) in [6.07, 6.45) is 37.7. The van der Waals surface area contributed by atoms with E-state index in [9.17, 15) is 36.7 Å². The van der Waals surface area contributed by atoms with Crippen molar-refractivity contribution in [3.8, 4) is 0 Å². The smallest absolute Gasteiger partial charge is 0.254 e. The summed E-state index contributed by atoms with van der Waals surface area (Å²) < 4.78 is 55.9. The van der Waals surface area contributed by atoms with Crippen LogP contribution in [0.4, 0.5) is 17.6 Å². The molecule has 4 amide bonds. The second-order valence-electron chi connectivity index (χ2n) is 42.2. The van der Waals surface area contributed by atoms with Crippen molar-refractivity contribution in [1.82, 2.24) is 74.9 Å². The highest BCUT2D eigenvalue weighted by molar-refractivity contribution is 6.00. The molecule has 9 aliphatic carbocycles. The van der Waals surface area contributed by atoms with Crippen LogP contribution < -0.4 is 11.1 Å². The predicted octanol–water partition coefficient (Wildman–Crippen LogP) is 25.0. The standard InChI is InChI=1S/C30H31FN4O.C29H29FN4O.C29H31FN4O.C27H27FN4O/c31-21-8-12-25-24(16-21)23(13-14-32-25)17-1-3-18(4-2-17)28(19-5-6-19)29-34-26-11-7-20(15-27(26)35-29)30(36)33-22-9-10-22;30-21-8-10-24-23(16-21)22(11-12-31-24)17-1-3-18(4-2-17)27(19-5-6-19)28-32-25-9-7-20(15-26(25)33-28)29(35)34-13-14-34;1-34(2)29(35)20-9-11-25-26(15-20)33-28(32-25)27(19-7-8-19)18-5-3-17(4-6-18)22-13-14-31-24-12-10-21(30)16-23(22)24;28-19-8-10-22-21(14-19)20(11-12-30-22)15-1-3-16(4-2-15)25(17-5-6-17)27-31-23-9-7-18(26(29)33)13-24(23)32-27/h7-8,11-19,22,28H,1-6,9-10H2,(H,33,36)(H,34,35);7-12,15-19,27H,1-6,13-14H2,(H,32,33);9-19,27H,3-8H2,1-2H3,(H,32,33);7-17,25H,1-6H2,(H2,29,33)(H,31,32)/t17?,18?,28-;2*17?,18?,27-;15?,16?,25-/m0000/s1. The molecule has 20 nitrogen and oxygen atoms in total. The van der Waals surface area contributed by atoms with Crippen molar-refractivity contribution in [3.63, 3.8) is 0 Å².